The largest absolute Gasteiger partial charge is 0.420 e. The number of hydrogen-bond acceptors (Lipinski definition) is 6. The van der Waals surface area contributed by atoms with Gasteiger partial charge in [0.05, 0.1) is 27.4 Å². The van der Waals surface area contributed by atoms with Crippen LogP contribution in [0.3, 0.4) is 0 Å². The first-order valence-electron chi connectivity index (χ1n) is 9.49. The van der Waals surface area contributed by atoms with Crippen molar-refractivity contribution in [3.63, 3.8) is 0 Å². The summed E-state index contributed by atoms with van der Waals surface area (Å²) in [5, 5.41) is -0.543. The number of halogens is 2. The van der Waals surface area contributed by atoms with E-state index in [2.05, 4.69) is 9.97 Å². The van der Waals surface area contributed by atoms with Crippen molar-refractivity contribution in [2.75, 3.05) is 0 Å². The number of aromatic nitrogens is 3. The van der Waals surface area contributed by atoms with Gasteiger partial charge in [-0.1, -0.05) is 24.6 Å². The van der Waals surface area contributed by atoms with Gasteiger partial charge in [-0.2, -0.15) is 9.97 Å². The minimum atomic E-state index is -3.48. The molecular formula is C21H21ClFN3O4S. The fourth-order valence-corrected chi connectivity index (χ4v) is 4.31. The third-order valence-corrected chi connectivity index (χ3v) is 7.34. The van der Waals surface area contributed by atoms with E-state index in [0.29, 0.717) is 17.7 Å². The van der Waals surface area contributed by atoms with Crippen LogP contribution in [0.2, 0.25) is 5.02 Å². The second kappa shape index (κ2) is 9.15. The number of pyridine rings is 1. The molecule has 0 spiro atoms. The van der Waals surface area contributed by atoms with Gasteiger partial charge in [0.25, 0.3) is 0 Å². The van der Waals surface area contributed by atoms with Crippen molar-refractivity contribution in [1.82, 2.24) is 14.5 Å². The number of para-hydroxylation sites is 1. The monoisotopic (exact) mass is 465 g/mol. The number of hydrogen-bond donors (Lipinski definition) is 0. The summed E-state index contributed by atoms with van der Waals surface area (Å²) in [6, 6.07) is 8.22. The molecule has 10 heteroatoms. The Morgan fingerprint density at radius 3 is 2.61 bits per heavy atom. The van der Waals surface area contributed by atoms with Gasteiger partial charge in [0.1, 0.15) is 0 Å². The van der Waals surface area contributed by atoms with Crippen molar-refractivity contribution < 1.29 is 17.5 Å². The Kier molecular flexibility index (Phi) is 6.76. The molecule has 1 atom stereocenters. The molecule has 0 fully saturated rings. The maximum absolute atomic E-state index is 14.2. The minimum Gasteiger partial charge on any atom is -0.420 e. The van der Waals surface area contributed by atoms with Crippen LogP contribution in [0.5, 0.6) is 11.8 Å². The highest BCUT2D eigenvalue weighted by Crippen LogP contribution is 2.31. The SMILES string of the molecule is CC[C@H](C)S(=O)(=O)Cc1cc(-c2ccc(=O)n(C)c2)nc(Oc2c(F)cccc2Cl)n1. The van der Waals surface area contributed by atoms with Crippen LogP contribution in [-0.2, 0) is 22.6 Å². The zero-order chi connectivity index (χ0) is 22.8. The third kappa shape index (κ3) is 5.29. The normalized spacial score (nSPS) is 12.5. The molecular weight excluding hydrogens is 445 g/mol. The molecule has 3 aromatic rings. The molecule has 0 unspecified atom stereocenters. The summed E-state index contributed by atoms with van der Waals surface area (Å²) < 4.78 is 46.3. The summed E-state index contributed by atoms with van der Waals surface area (Å²) in [4.78, 5) is 20.2. The van der Waals surface area contributed by atoms with Gasteiger partial charge in [-0.3, -0.25) is 4.79 Å². The van der Waals surface area contributed by atoms with Crippen molar-refractivity contribution in [3.8, 4) is 23.0 Å². The van der Waals surface area contributed by atoms with Crippen molar-refractivity contribution in [3.05, 3.63) is 69.5 Å². The van der Waals surface area contributed by atoms with E-state index in [-0.39, 0.29) is 33.8 Å². The van der Waals surface area contributed by atoms with E-state index < -0.39 is 20.9 Å². The molecule has 7 nitrogen and oxygen atoms in total. The van der Waals surface area contributed by atoms with Crippen LogP contribution in [0, 0.1) is 5.82 Å². The summed E-state index contributed by atoms with van der Waals surface area (Å²) in [6.45, 7) is 3.41. The molecule has 0 saturated heterocycles. The first kappa shape index (κ1) is 22.9. The quantitative estimate of drug-likeness (QED) is 0.520. The molecule has 0 saturated carbocycles. The molecule has 0 amide bonds. The molecule has 3 rings (SSSR count). The summed E-state index contributed by atoms with van der Waals surface area (Å²) in [5.41, 5.74) is 0.826. The maximum Gasteiger partial charge on any atom is 0.322 e. The van der Waals surface area contributed by atoms with E-state index >= 15 is 0 Å². The molecule has 0 bridgehead atoms. The Morgan fingerprint density at radius 1 is 1.23 bits per heavy atom. The minimum absolute atomic E-state index is 0.0184. The third-order valence-electron chi connectivity index (χ3n) is 4.79. The number of nitrogens with zero attached hydrogens (tertiary/aromatic N) is 3. The fourth-order valence-electron chi connectivity index (χ4n) is 2.76. The van der Waals surface area contributed by atoms with Crippen LogP contribution in [-0.4, -0.2) is 28.2 Å². The van der Waals surface area contributed by atoms with Gasteiger partial charge in [-0.25, -0.2) is 12.8 Å². The van der Waals surface area contributed by atoms with Crippen LogP contribution in [0.1, 0.15) is 26.0 Å². The van der Waals surface area contributed by atoms with Crippen LogP contribution < -0.4 is 10.3 Å². The first-order valence-corrected chi connectivity index (χ1v) is 11.6. The summed E-state index contributed by atoms with van der Waals surface area (Å²) in [7, 11) is -1.90. The van der Waals surface area contributed by atoms with Crippen molar-refractivity contribution in [1.29, 1.82) is 0 Å². The van der Waals surface area contributed by atoms with Gasteiger partial charge in [0.2, 0.25) is 5.56 Å². The van der Waals surface area contributed by atoms with Gasteiger partial charge >= 0.3 is 6.01 Å². The second-order valence-corrected chi connectivity index (χ2v) is 9.90. The molecule has 164 valence electrons. The van der Waals surface area contributed by atoms with E-state index in [0.717, 1.165) is 0 Å². The standard InChI is InChI=1S/C21H21ClFN3O4S/c1-4-13(2)31(28,29)12-15-10-18(14-8-9-19(27)26(3)11-14)25-21(24-15)30-20-16(22)6-5-7-17(20)23/h5-11,13H,4,12H2,1-3H3/t13-/m0/s1. The predicted molar refractivity (Wildman–Crippen MR) is 117 cm³/mol. The number of aryl methyl sites for hydroxylation is 1. The molecule has 0 aliphatic heterocycles. The number of rotatable bonds is 7. The zero-order valence-electron chi connectivity index (χ0n) is 17.2. The van der Waals surface area contributed by atoms with Gasteiger partial charge < -0.3 is 9.30 Å². The second-order valence-electron chi connectivity index (χ2n) is 7.07. The van der Waals surface area contributed by atoms with E-state index in [1.54, 1.807) is 33.2 Å². The lowest BCUT2D eigenvalue weighted by Gasteiger charge is -2.13. The smallest absolute Gasteiger partial charge is 0.322 e. The van der Waals surface area contributed by atoms with Gasteiger partial charge in [-0.05, 0) is 37.6 Å². The highest BCUT2D eigenvalue weighted by molar-refractivity contribution is 7.91. The average Bonchev–Trinajstić information content (AvgIpc) is 2.71. The van der Waals surface area contributed by atoms with E-state index in [1.165, 1.54) is 34.9 Å². The maximum atomic E-state index is 14.2. The zero-order valence-corrected chi connectivity index (χ0v) is 18.7. The number of ether oxygens (including phenoxy) is 1. The number of benzene rings is 1. The fraction of sp³-hybridized carbons (Fsp3) is 0.286. The lowest BCUT2D eigenvalue weighted by molar-refractivity contribution is 0.410. The van der Waals surface area contributed by atoms with Gasteiger partial charge in [-0.15, -0.1) is 0 Å². The Bertz CT molecular complexity index is 1260. The Hall–Kier alpha value is -2.78. The Labute approximate surface area is 184 Å². The average molecular weight is 466 g/mol. The Morgan fingerprint density at radius 2 is 1.97 bits per heavy atom. The van der Waals surface area contributed by atoms with Crippen LogP contribution >= 0.6 is 11.6 Å². The van der Waals surface area contributed by atoms with E-state index in [4.69, 9.17) is 16.3 Å². The van der Waals surface area contributed by atoms with Crippen LogP contribution in [0.4, 0.5) is 4.39 Å². The molecule has 2 heterocycles. The molecule has 31 heavy (non-hydrogen) atoms. The molecule has 0 N–H and O–H groups in total. The topological polar surface area (TPSA) is 91.2 Å². The highest BCUT2D eigenvalue weighted by Gasteiger charge is 2.22. The summed E-state index contributed by atoms with van der Waals surface area (Å²) in [6.07, 6.45) is 2.01. The predicted octanol–water partition coefficient (Wildman–Crippen LogP) is 4.14. The van der Waals surface area contributed by atoms with Gasteiger partial charge in [0.15, 0.2) is 21.4 Å². The molecule has 1 aromatic carbocycles. The van der Waals surface area contributed by atoms with E-state index in [9.17, 15) is 17.6 Å². The number of sulfone groups is 1. The molecule has 0 radical (unpaired) electrons. The summed E-state index contributed by atoms with van der Waals surface area (Å²) in [5.74, 6) is -1.32. The van der Waals surface area contributed by atoms with Crippen molar-refractivity contribution in [2.24, 2.45) is 7.05 Å². The van der Waals surface area contributed by atoms with Crippen molar-refractivity contribution in [2.45, 2.75) is 31.3 Å². The molecule has 0 aliphatic carbocycles. The lowest BCUT2D eigenvalue weighted by Crippen LogP contribution is -2.19. The lowest BCUT2D eigenvalue weighted by atomic mass is 10.2. The van der Waals surface area contributed by atoms with Crippen molar-refractivity contribution >= 4 is 21.4 Å². The Balaban J connectivity index is 2.11. The first-order chi connectivity index (χ1) is 14.6. The summed E-state index contributed by atoms with van der Waals surface area (Å²) >= 11 is 6.03. The van der Waals surface area contributed by atoms with Gasteiger partial charge in [0, 0.05) is 24.9 Å². The van der Waals surface area contributed by atoms with Crippen LogP contribution in [0.25, 0.3) is 11.3 Å². The molecule has 2 aromatic heterocycles. The highest BCUT2D eigenvalue weighted by atomic mass is 35.5. The molecule has 0 aliphatic rings. The van der Waals surface area contributed by atoms with Crippen LogP contribution in [0.15, 0.2) is 47.4 Å². The van der Waals surface area contributed by atoms with E-state index in [1.807, 2.05) is 0 Å².